The average molecular weight is 265 g/mol. The van der Waals surface area contributed by atoms with Gasteiger partial charge in [0.2, 0.25) is 0 Å². The maximum absolute atomic E-state index is 11.1. The third-order valence-corrected chi connectivity index (χ3v) is 4.18. The summed E-state index contributed by atoms with van der Waals surface area (Å²) in [6.07, 6.45) is 4.89. The van der Waals surface area contributed by atoms with E-state index in [1.807, 2.05) is 24.9 Å². The first-order chi connectivity index (χ1) is 8.99. The molecule has 0 amide bonds. The summed E-state index contributed by atoms with van der Waals surface area (Å²) in [6, 6.07) is 0.212. The number of carbonyl (C=O) groups is 1. The fourth-order valence-corrected chi connectivity index (χ4v) is 3.09. The van der Waals surface area contributed by atoms with Gasteiger partial charge in [0.05, 0.1) is 11.6 Å². The molecule has 0 spiro atoms. The van der Waals surface area contributed by atoms with E-state index < -0.39 is 5.97 Å². The van der Waals surface area contributed by atoms with Crippen LogP contribution in [0.25, 0.3) is 0 Å². The summed E-state index contributed by atoms with van der Waals surface area (Å²) in [5.74, 6) is -0.555. The molecule has 5 nitrogen and oxygen atoms in total. The number of nitrogens with zero attached hydrogens (tertiary/aromatic N) is 2. The molecule has 2 rings (SSSR count). The van der Waals surface area contributed by atoms with Crippen LogP contribution in [0.1, 0.15) is 43.5 Å². The molecule has 2 N–H and O–H groups in total. The predicted octanol–water partition coefficient (Wildman–Crippen LogP) is 1.88. The monoisotopic (exact) mass is 265 g/mol. The summed E-state index contributed by atoms with van der Waals surface area (Å²) < 4.78 is 1.82. The highest BCUT2D eigenvalue weighted by Gasteiger charge is 2.32. The molecule has 0 aromatic carbocycles. The van der Waals surface area contributed by atoms with E-state index in [4.69, 9.17) is 0 Å². The van der Waals surface area contributed by atoms with Crippen LogP contribution in [0.4, 0.5) is 0 Å². The number of nitrogens with one attached hydrogen (secondary N) is 1. The van der Waals surface area contributed by atoms with E-state index in [1.54, 1.807) is 0 Å². The summed E-state index contributed by atoms with van der Waals surface area (Å²) in [5, 5.41) is 17.0. The predicted molar refractivity (Wildman–Crippen MR) is 72.8 cm³/mol. The number of aromatic nitrogens is 2. The number of hydrogen-bond acceptors (Lipinski definition) is 3. The van der Waals surface area contributed by atoms with E-state index in [9.17, 15) is 9.90 Å². The van der Waals surface area contributed by atoms with E-state index in [1.165, 1.54) is 5.56 Å². The first kappa shape index (κ1) is 14.1. The zero-order chi connectivity index (χ0) is 14.0. The first-order valence-electron chi connectivity index (χ1n) is 6.95. The summed E-state index contributed by atoms with van der Waals surface area (Å²) in [6.45, 7) is 4.88. The van der Waals surface area contributed by atoms with Gasteiger partial charge < -0.3 is 10.4 Å². The molecule has 3 atom stereocenters. The fraction of sp³-hybridized carbons (Fsp3) is 0.714. The molecule has 5 heteroatoms. The molecular weight excluding hydrogens is 242 g/mol. The lowest BCUT2D eigenvalue weighted by Gasteiger charge is -2.20. The second-order valence-corrected chi connectivity index (χ2v) is 5.61. The molecular formula is C14H23N3O2. The van der Waals surface area contributed by atoms with Crippen LogP contribution in [0.2, 0.25) is 0 Å². The Balaban J connectivity index is 1.91. The molecule has 0 radical (unpaired) electrons. The maximum atomic E-state index is 11.1. The van der Waals surface area contributed by atoms with E-state index in [2.05, 4.69) is 17.3 Å². The fourth-order valence-electron chi connectivity index (χ4n) is 3.09. The Bertz CT molecular complexity index is 456. The standard InChI is InChI=1S/C14H23N3O2/c1-9(13-8-17(3)16-10(13)2)15-7-11-5-4-6-12(11)14(18)19/h8-9,11-12,15H,4-7H2,1-3H3,(H,18,19). The van der Waals surface area contributed by atoms with Crippen LogP contribution >= 0.6 is 0 Å². The highest BCUT2D eigenvalue weighted by Crippen LogP contribution is 2.31. The molecule has 1 aromatic rings. The summed E-state index contributed by atoms with van der Waals surface area (Å²) in [4.78, 5) is 11.1. The van der Waals surface area contributed by atoms with Crippen LogP contribution in [0, 0.1) is 18.8 Å². The Morgan fingerprint density at radius 1 is 1.63 bits per heavy atom. The van der Waals surface area contributed by atoms with Gasteiger partial charge in [-0.15, -0.1) is 0 Å². The first-order valence-corrected chi connectivity index (χ1v) is 6.95. The van der Waals surface area contributed by atoms with Crippen molar-refractivity contribution in [2.24, 2.45) is 18.9 Å². The lowest BCUT2D eigenvalue weighted by molar-refractivity contribution is -0.142. The Labute approximate surface area is 114 Å². The van der Waals surface area contributed by atoms with Crippen LogP contribution in [-0.4, -0.2) is 27.4 Å². The quantitative estimate of drug-likeness (QED) is 0.853. The van der Waals surface area contributed by atoms with Gasteiger partial charge >= 0.3 is 5.97 Å². The molecule has 1 heterocycles. The van der Waals surface area contributed by atoms with E-state index in [-0.39, 0.29) is 17.9 Å². The minimum Gasteiger partial charge on any atom is -0.481 e. The van der Waals surface area contributed by atoms with Gasteiger partial charge in [-0.2, -0.15) is 5.10 Å². The number of carboxylic acids is 1. The SMILES string of the molecule is Cc1nn(C)cc1C(C)NCC1CCCC1C(=O)O. The molecule has 0 saturated heterocycles. The second kappa shape index (κ2) is 5.74. The molecule has 0 bridgehead atoms. The van der Waals surface area contributed by atoms with Crippen molar-refractivity contribution in [1.29, 1.82) is 0 Å². The van der Waals surface area contributed by atoms with E-state index >= 15 is 0 Å². The van der Waals surface area contributed by atoms with Crippen molar-refractivity contribution in [3.05, 3.63) is 17.5 Å². The average Bonchev–Trinajstić information content (AvgIpc) is 2.92. The van der Waals surface area contributed by atoms with Gasteiger partial charge in [-0.3, -0.25) is 9.48 Å². The Kier molecular flexibility index (Phi) is 4.24. The number of carboxylic acid groups (broad SMARTS) is 1. The Morgan fingerprint density at radius 3 is 2.95 bits per heavy atom. The van der Waals surface area contributed by atoms with Gasteiger partial charge in [0.25, 0.3) is 0 Å². The Morgan fingerprint density at radius 2 is 2.37 bits per heavy atom. The minimum absolute atomic E-state index is 0.172. The summed E-state index contributed by atoms with van der Waals surface area (Å²) >= 11 is 0. The maximum Gasteiger partial charge on any atom is 0.306 e. The molecule has 1 aromatic heterocycles. The molecule has 3 unspecified atom stereocenters. The number of aliphatic carboxylic acids is 1. The van der Waals surface area contributed by atoms with Crippen molar-refractivity contribution in [1.82, 2.24) is 15.1 Å². The molecule has 19 heavy (non-hydrogen) atoms. The highest BCUT2D eigenvalue weighted by molar-refractivity contribution is 5.70. The van der Waals surface area contributed by atoms with Crippen molar-refractivity contribution in [2.75, 3.05) is 6.54 Å². The number of rotatable bonds is 5. The van der Waals surface area contributed by atoms with Crippen molar-refractivity contribution in [2.45, 2.75) is 39.2 Å². The highest BCUT2D eigenvalue weighted by atomic mass is 16.4. The minimum atomic E-state index is -0.644. The van der Waals surface area contributed by atoms with Gasteiger partial charge in [-0.05, 0) is 39.2 Å². The largest absolute Gasteiger partial charge is 0.481 e. The molecule has 106 valence electrons. The topological polar surface area (TPSA) is 67.2 Å². The molecule has 0 aliphatic heterocycles. The molecule has 1 aliphatic rings. The van der Waals surface area contributed by atoms with Gasteiger partial charge in [0.1, 0.15) is 0 Å². The third kappa shape index (κ3) is 3.15. The third-order valence-electron chi connectivity index (χ3n) is 4.18. The Hall–Kier alpha value is -1.36. The summed E-state index contributed by atoms with van der Waals surface area (Å²) in [7, 11) is 1.92. The molecule has 1 fully saturated rings. The van der Waals surface area contributed by atoms with Crippen molar-refractivity contribution >= 4 is 5.97 Å². The normalized spacial score (nSPS) is 24.6. The molecule has 1 aliphatic carbocycles. The smallest absolute Gasteiger partial charge is 0.306 e. The lowest BCUT2D eigenvalue weighted by atomic mass is 9.95. The van der Waals surface area contributed by atoms with Crippen molar-refractivity contribution < 1.29 is 9.90 Å². The molecule has 1 saturated carbocycles. The van der Waals surface area contributed by atoms with Gasteiger partial charge in [0, 0.05) is 24.8 Å². The summed E-state index contributed by atoms with van der Waals surface area (Å²) in [5.41, 5.74) is 2.22. The van der Waals surface area contributed by atoms with Crippen LogP contribution in [0.5, 0.6) is 0 Å². The van der Waals surface area contributed by atoms with Crippen molar-refractivity contribution in [3.63, 3.8) is 0 Å². The van der Waals surface area contributed by atoms with E-state index in [0.717, 1.165) is 31.5 Å². The lowest BCUT2D eigenvalue weighted by Crippen LogP contribution is -2.30. The number of hydrogen-bond donors (Lipinski definition) is 2. The van der Waals surface area contributed by atoms with Gasteiger partial charge in [-0.25, -0.2) is 0 Å². The van der Waals surface area contributed by atoms with Gasteiger partial charge in [0.15, 0.2) is 0 Å². The van der Waals surface area contributed by atoms with Crippen molar-refractivity contribution in [3.8, 4) is 0 Å². The number of aryl methyl sites for hydroxylation is 2. The second-order valence-electron chi connectivity index (χ2n) is 5.61. The van der Waals surface area contributed by atoms with Crippen LogP contribution in [0.3, 0.4) is 0 Å². The van der Waals surface area contributed by atoms with Gasteiger partial charge in [-0.1, -0.05) is 6.42 Å². The van der Waals surface area contributed by atoms with Crippen LogP contribution < -0.4 is 5.32 Å². The zero-order valence-corrected chi connectivity index (χ0v) is 11.9. The van der Waals surface area contributed by atoms with Crippen LogP contribution in [0.15, 0.2) is 6.20 Å². The van der Waals surface area contributed by atoms with E-state index in [0.29, 0.717) is 0 Å². The zero-order valence-electron chi connectivity index (χ0n) is 11.9. The van der Waals surface area contributed by atoms with Crippen LogP contribution in [-0.2, 0) is 11.8 Å².